The third-order valence-electron chi connectivity index (χ3n) is 3.48. The zero-order valence-electron chi connectivity index (χ0n) is 10.8. The van der Waals surface area contributed by atoms with E-state index < -0.39 is 0 Å². The van der Waals surface area contributed by atoms with Crippen LogP contribution in [0.5, 0.6) is 0 Å². The average molecular weight is 257 g/mol. The minimum Gasteiger partial charge on any atom is -0.314 e. The molecule has 0 saturated carbocycles. The van der Waals surface area contributed by atoms with Crippen molar-refractivity contribution in [3.8, 4) is 0 Å². The standard InChI is InChI=1S/C12H21ClN4/c1-4-10-12(13)11(17(5-2)15-10)8-16(3)9-6-14-7-9/h9,14H,4-8H2,1-3H3. The molecule has 2 rings (SSSR count). The Morgan fingerprint density at radius 1 is 1.47 bits per heavy atom. The van der Waals surface area contributed by atoms with Gasteiger partial charge in [0.05, 0.1) is 16.4 Å². The molecule has 1 fully saturated rings. The van der Waals surface area contributed by atoms with Gasteiger partial charge in [-0.15, -0.1) is 0 Å². The Morgan fingerprint density at radius 3 is 2.65 bits per heavy atom. The topological polar surface area (TPSA) is 33.1 Å². The van der Waals surface area contributed by atoms with Gasteiger partial charge >= 0.3 is 0 Å². The van der Waals surface area contributed by atoms with Crippen molar-refractivity contribution in [2.24, 2.45) is 0 Å². The molecule has 0 atom stereocenters. The van der Waals surface area contributed by atoms with E-state index in [9.17, 15) is 0 Å². The van der Waals surface area contributed by atoms with Gasteiger partial charge in [0.25, 0.3) is 0 Å². The summed E-state index contributed by atoms with van der Waals surface area (Å²) >= 11 is 6.39. The Hall–Kier alpha value is -0.580. The van der Waals surface area contributed by atoms with E-state index in [2.05, 4.69) is 36.2 Å². The molecule has 1 N–H and O–H groups in total. The van der Waals surface area contributed by atoms with E-state index >= 15 is 0 Å². The lowest BCUT2D eigenvalue weighted by Gasteiger charge is -2.35. The first-order valence-corrected chi connectivity index (χ1v) is 6.70. The molecule has 5 heteroatoms. The fraction of sp³-hybridized carbons (Fsp3) is 0.750. The van der Waals surface area contributed by atoms with E-state index in [4.69, 9.17) is 11.6 Å². The third kappa shape index (κ3) is 2.49. The van der Waals surface area contributed by atoms with Crippen molar-refractivity contribution in [2.75, 3.05) is 20.1 Å². The monoisotopic (exact) mass is 256 g/mol. The molecule has 0 aliphatic carbocycles. The van der Waals surface area contributed by atoms with Crippen LogP contribution in [0.1, 0.15) is 25.2 Å². The Morgan fingerprint density at radius 2 is 2.18 bits per heavy atom. The van der Waals surface area contributed by atoms with Crippen molar-refractivity contribution in [3.63, 3.8) is 0 Å². The highest BCUT2D eigenvalue weighted by atomic mass is 35.5. The number of rotatable bonds is 5. The number of hydrogen-bond acceptors (Lipinski definition) is 3. The quantitative estimate of drug-likeness (QED) is 0.867. The fourth-order valence-electron chi connectivity index (χ4n) is 2.12. The lowest BCUT2D eigenvalue weighted by Crippen LogP contribution is -2.55. The summed E-state index contributed by atoms with van der Waals surface area (Å²) in [6.45, 7) is 8.12. The van der Waals surface area contributed by atoms with E-state index in [0.717, 1.165) is 49.0 Å². The maximum absolute atomic E-state index is 6.39. The summed E-state index contributed by atoms with van der Waals surface area (Å²) in [4.78, 5) is 2.35. The lowest BCUT2D eigenvalue weighted by molar-refractivity contribution is 0.169. The van der Waals surface area contributed by atoms with E-state index in [1.165, 1.54) is 0 Å². The van der Waals surface area contributed by atoms with Gasteiger partial charge in [-0.2, -0.15) is 5.10 Å². The van der Waals surface area contributed by atoms with Gasteiger partial charge < -0.3 is 5.32 Å². The fourth-order valence-corrected chi connectivity index (χ4v) is 2.45. The van der Waals surface area contributed by atoms with Gasteiger partial charge in [0.2, 0.25) is 0 Å². The summed E-state index contributed by atoms with van der Waals surface area (Å²) in [6, 6.07) is 0.636. The molecule has 96 valence electrons. The summed E-state index contributed by atoms with van der Waals surface area (Å²) in [6.07, 6.45) is 0.896. The van der Waals surface area contributed by atoms with Crippen LogP contribution in [0.25, 0.3) is 0 Å². The van der Waals surface area contributed by atoms with E-state index in [1.54, 1.807) is 0 Å². The van der Waals surface area contributed by atoms with Crippen LogP contribution in [-0.4, -0.2) is 40.9 Å². The van der Waals surface area contributed by atoms with Crippen molar-refractivity contribution in [1.82, 2.24) is 20.0 Å². The number of nitrogens with zero attached hydrogens (tertiary/aromatic N) is 3. The Kier molecular flexibility index (Phi) is 4.07. The second-order valence-corrected chi connectivity index (χ2v) is 4.98. The van der Waals surface area contributed by atoms with Crippen LogP contribution in [0.4, 0.5) is 0 Å². The van der Waals surface area contributed by atoms with Crippen LogP contribution >= 0.6 is 11.6 Å². The first-order valence-electron chi connectivity index (χ1n) is 6.32. The molecule has 17 heavy (non-hydrogen) atoms. The predicted octanol–water partition coefficient (Wildman–Crippen LogP) is 1.52. The highest BCUT2D eigenvalue weighted by Gasteiger charge is 2.24. The van der Waals surface area contributed by atoms with Gasteiger partial charge in [-0.25, -0.2) is 0 Å². The van der Waals surface area contributed by atoms with Gasteiger partial charge in [0.1, 0.15) is 0 Å². The van der Waals surface area contributed by atoms with Crippen molar-refractivity contribution in [2.45, 2.75) is 39.4 Å². The normalized spacial score (nSPS) is 16.5. The van der Waals surface area contributed by atoms with Crippen LogP contribution in [0.3, 0.4) is 0 Å². The summed E-state index contributed by atoms with van der Waals surface area (Å²) in [5, 5.41) is 8.69. The van der Waals surface area contributed by atoms with Crippen LogP contribution < -0.4 is 5.32 Å². The van der Waals surface area contributed by atoms with Crippen molar-refractivity contribution < 1.29 is 0 Å². The average Bonchev–Trinajstić information content (AvgIpc) is 2.53. The predicted molar refractivity (Wildman–Crippen MR) is 70.4 cm³/mol. The molecule has 4 nitrogen and oxygen atoms in total. The molecule has 0 bridgehead atoms. The maximum atomic E-state index is 6.39. The second kappa shape index (κ2) is 5.38. The molecule has 0 radical (unpaired) electrons. The largest absolute Gasteiger partial charge is 0.314 e. The van der Waals surface area contributed by atoms with Crippen LogP contribution in [-0.2, 0) is 19.5 Å². The van der Waals surface area contributed by atoms with Crippen LogP contribution in [0.2, 0.25) is 5.02 Å². The number of aromatic nitrogens is 2. The molecule has 0 aromatic carbocycles. The molecule has 1 aliphatic heterocycles. The van der Waals surface area contributed by atoms with Gasteiger partial charge in [0.15, 0.2) is 0 Å². The van der Waals surface area contributed by atoms with Gasteiger partial charge in [-0.3, -0.25) is 9.58 Å². The molecular weight excluding hydrogens is 236 g/mol. The number of hydrogen-bond donors (Lipinski definition) is 1. The molecule has 0 unspecified atom stereocenters. The highest BCUT2D eigenvalue weighted by molar-refractivity contribution is 6.31. The Balaban J connectivity index is 2.15. The summed E-state index contributed by atoms with van der Waals surface area (Å²) in [7, 11) is 2.15. The van der Waals surface area contributed by atoms with E-state index in [0.29, 0.717) is 6.04 Å². The zero-order valence-corrected chi connectivity index (χ0v) is 11.6. The zero-order chi connectivity index (χ0) is 12.4. The Labute approximate surface area is 108 Å². The van der Waals surface area contributed by atoms with Crippen molar-refractivity contribution in [3.05, 3.63) is 16.4 Å². The minimum atomic E-state index is 0.636. The summed E-state index contributed by atoms with van der Waals surface area (Å²) in [5.74, 6) is 0. The molecule has 1 aromatic rings. The van der Waals surface area contributed by atoms with Crippen molar-refractivity contribution in [1.29, 1.82) is 0 Å². The SMILES string of the molecule is CCc1nn(CC)c(CN(C)C2CNC2)c1Cl. The van der Waals surface area contributed by atoms with Crippen LogP contribution in [0, 0.1) is 0 Å². The second-order valence-electron chi connectivity index (χ2n) is 4.60. The molecule has 2 heterocycles. The van der Waals surface area contributed by atoms with E-state index in [1.807, 2.05) is 4.68 Å². The number of likely N-dealkylation sites (N-methyl/N-ethyl adjacent to an activating group) is 1. The number of halogens is 1. The number of aryl methyl sites for hydroxylation is 2. The number of nitrogens with one attached hydrogen (secondary N) is 1. The van der Waals surface area contributed by atoms with Crippen LogP contribution in [0.15, 0.2) is 0 Å². The molecule has 0 amide bonds. The van der Waals surface area contributed by atoms with Gasteiger partial charge in [-0.1, -0.05) is 18.5 Å². The molecular formula is C12H21ClN4. The first-order chi connectivity index (χ1) is 8.17. The molecule has 0 spiro atoms. The lowest BCUT2D eigenvalue weighted by atomic mass is 10.1. The smallest absolute Gasteiger partial charge is 0.0863 e. The molecule has 1 saturated heterocycles. The van der Waals surface area contributed by atoms with Gasteiger partial charge in [0, 0.05) is 32.2 Å². The maximum Gasteiger partial charge on any atom is 0.0863 e. The minimum absolute atomic E-state index is 0.636. The molecule has 1 aromatic heterocycles. The van der Waals surface area contributed by atoms with E-state index in [-0.39, 0.29) is 0 Å². The first kappa shape index (κ1) is 12.9. The molecule has 1 aliphatic rings. The summed E-state index contributed by atoms with van der Waals surface area (Å²) < 4.78 is 2.03. The highest BCUT2D eigenvalue weighted by Crippen LogP contribution is 2.23. The Bertz CT molecular complexity index is 384. The van der Waals surface area contributed by atoms with Gasteiger partial charge in [-0.05, 0) is 20.4 Å². The third-order valence-corrected chi connectivity index (χ3v) is 3.91. The van der Waals surface area contributed by atoms with Crippen molar-refractivity contribution >= 4 is 11.6 Å². The summed E-state index contributed by atoms with van der Waals surface area (Å²) in [5.41, 5.74) is 2.17.